The molecular weight excluding hydrogens is 252 g/mol. The third-order valence-corrected chi connectivity index (χ3v) is 3.69. The number of likely N-dealkylation sites (N-methyl/N-ethyl adjacent to an activating group) is 1. The summed E-state index contributed by atoms with van der Waals surface area (Å²) in [5, 5.41) is 0. The summed E-state index contributed by atoms with van der Waals surface area (Å²) in [6, 6.07) is 9.21. The fourth-order valence-corrected chi connectivity index (χ4v) is 2.62. The number of nitrogens with zero attached hydrogens (tertiary/aromatic N) is 1. The number of hydrogen-bond donors (Lipinski definition) is 1. The third-order valence-electron chi connectivity index (χ3n) is 3.17. The van der Waals surface area contributed by atoms with Gasteiger partial charge in [0.1, 0.15) is 0 Å². The van der Waals surface area contributed by atoms with Crippen LogP contribution < -0.4 is 5.73 Å². The molecule has 1 aliphatic heterocycles. The van der Waals surface area contributed by atoms with Crippen LogP contribution in [0.15, 0.2) is 28.7 Å². The van der Waals surface area contributed by atoms with Crippen molar-refractivity contribution in [3.63, 3.8) is 0 Å². The van der Waals surface area contributed by atoms with E-state index < -0.39 is 0 Å². The van der Waals surface area contributed by atoms with Gasteiger partial charge >= 0.3 is 0 Å². The molecule has 2 N–H and O–H groups in total. The predicted octanol–water partition coefficient (Wildman–Crippen LogP) is 2.54. The first-order valence-electron chi connectivity index (χ1n) is 5.47. The summed E-state index contributed by atoms with van der Waals surface area (Å²) in [5.41, 5.74) is 7.50. The van der Waals surface area contributed by atoms with Gasteiger partial charge in [0.25, 0.3) is 0 Å². The first-order chi connectivity index (χ1) is 7.22. The highest BCUT2D eigenvalue weighted by Gasteiger charge is 2.31. The van der Waals surface area contributed by atoms with Crippen LogP contribution in [-0.2, 0) is 0 Å². The normalized spacial score (nSPS) is 27.1. The highest BCUT2D eigenvalue weighted by Crippen LogP contribution is 2.31. The second-order valence-electron chi connectivity index (χ2n) is 4.08. The summed E-state index contributed by atoms with van der Waals surface area (Å²) in [5.74, 6) is 0. The van der Waals surface area contributed by atoms with Crippen LogP contribution in [0.3, 0.4) is 0 Å². The lowest BCUT2D eigenvalue weighted by Crippen LogP contribution is -2.31. The molecule has 2 nitrogen and oxygen atoms in total. The van der Waals surface area contributed by atoms with Crippen molar-refractivity contribution >= 4 is 15.9 Å². The number of likely N-dealkylation sites (tertiary alicyclic amines) is 1. The zero-order valence-corrected chi connectivity index (χ0v) is 10.6. The number of rotatable bonds is 2. The molecule has 15 heavy (non-hydrogen) atoms. The second kappa shape index (κ2) is 4.64. The molecule has 1 aliphatic rings. The van der Waals surface area contributed by atoms with Gasteiger partial charge in [-0.25, -0.2) is 0 Å². The standard InChI is InChI=1S/C12H17BrN2/c1-2-15-8-7-11(14)12(15)9-3-5-10(13)6-4-9/h3-6,11-12H,2,7-8,14H2,1H3. The van der Waals surface area contributed by atoms with Gasteiger partial charge < -0.3 is 5.73 Å². The van der Waals surface area contributed by atoms with Crippen molar-refractivity contribution < 1.29 is 0 Å². The van der Waals surface area contributed by atoms with Gasteiger partial charge in [0.2, 0.25) is 0 Å². The van der Waals surface area contributed by atoms with E-state index in [2.05, 4.69) is 52.0 Å². The molecule has 0 aromatic heterocycles. The predicted molar refractivity (Wildman–Crippen MR) is 66.7 cm³/mol. The maximum Gasteiger partial charge on any atom is 0.0499 e. The summed E-state index contributed by atoms with van der Waals surface area (Å²) in [7, 11) is 0. The fraction of sp³-hybridized carbons (Fsp3) is 0.500. The Morgan fingerprint density at radius 1 is 1.40 bits per heavy atom. The van der Waals surface area contributed by atoms with Crippen molar-refractivity contribution in [3.8, 4) is 0 Å². The lowest BCUT2D eigenvalue weighted by atomic mass is 10.0. The minimum absolute atomic E-state index is 0.283. The van der Waals surface area contributed by atoms with Crippen LogP contribution in [0.5, 0.6) is 0 Å². The van der Waals surface area contributed by atoms with Gasteiger partial charge in [-0.15, -0.1) is 0 Å². The quantitative estimate of drug-likeness (QED) is 0.894. The lowest BCUT2D eigenvalue weighted by Gasteiger charge is -2.25. The Hall–Kier alpha value is -0.380. The van der Waals surface area contributed by atoms with Gasteiger partial charge in [-0.2, -0.15) is 0 Å². The van der Waals surface area contributed by atoms with E-state index >= 15 is 0 Å². The molecule has 2 rings (SSSR count). The van der Waals surface area contributed by atoms with E-state index in [9.17, 15) is 0 Å². The van der Waals surface area contributed by atoms with Gasteiger partial charge in [-0.3, -0.25) is 4.90 Å². The zero-order valence-electron chi connectivity index (χ0n) is 8.99. The first-order valence-corrected chi connectivity index (χ1v) is 6.26. The molecule has 82 valence electrons. The smallest absolute Gasteiger partial charge is 0.0499 e. The molecule has 1 fully saturated rings. The van der Waals surface area contributed by atoms with E-state index in [1.54, 1.807) is 0 Å². The van der Waals surface area contributed by atoms with E-state index in [1.165, 1.54) is 5.56 Å². The highest BCUT2D eigenvalue weighted by atomic mass is 79.9. The SMILES string of the molecule is CCN1CCC(N)C1c1ccc(Br)cc1. The van der Waals surface area contributed by atoms with Gasteiger partial charge in [0, 0.05) is 23.1 Å². The zero-order chi connectivity index (χ0) is 10.8. The summed E-state index contributed by atoms with van der Waals surface area (Å²) in [4.78, 5) is 2.45. The van der Waals surface area contributed by atoms with Crippen LogP contribution in [0.4, 0.5) is 0 Å². The van der Waals surface area contributed by atoms with Gasteiger partial charge in [-0.05, 0) is 30.7 Å². The minimum Gasteiger partial charge on any atom is -0.326 e. The molecule has 1 aromatic carbocycles. The van der Waals surface area contributed by atoms with E-state index in [0.717, 1.165) is 24.0 Å². The Bertz CT molecular complexity index is 323. The van der Waals surface area contributed by atoms with Gasteiger partial charge in [-0.1, -0.05) is 35.0 Å². The summed E-state index contributed by atoms with van der Waals surface area (Å²) < 4.78 is 1.13. The Morgan fingerprint density at radius 2 is 2.07 bits per heavy atom. The molecule has 1 aromatic rings. The topological polar surface area (TPSA) is 29.3 Å². The summed E-state index contributed by atoms with van der Waals surface area (Å²) in [6.45, 7) is 4.40. The number of hydrogen-bond acceptors (Lipinski definition) is 2. The molecule has 0 spiro atoms. The van der Waals surface area contributed by atoms with Crippen LogP contribution in [-0.4, -0.2) is 24.0 Å². The van der Waals surface area contributed by atoms with Crippen molar-refractivity contribution in [2.45, 2.75) is 25.4 Å². The fourth-order valence-electron chi connectivity index (χ4n) is 2.36. The molecule has 0 aliphatic carbocycles. The van der Waals surface area contributed by atoms with Crippen molar-refractivity contribution in [2.24, 2.45) is 5.73 Å². The Kier molecular flexibility index (Phi) is 3.44. The molecule has 3 heteroatoms. The molecular formula is C12H17BrN2. The van der Waals surface area contributed by atoms with Crippen LogP contribution in [0.25, 0.3) is 0 Å². The Balaban J connectivity index is 2.24. The monoisotopic (exact) mass is 268 g/mol. The van der Waals surface area contributed by atoms with E-state index in [1.807, 2.05) is 0 Å². The van der Waals surface area contributed by atoms with Gasteiger partial charge in [0.15, 0.2) is 0 Å². The molecule has 0 saturated carbocycles. The summed E-state index contributed by atoms with van der Waals surface area (Å²) >= 11 is 3.46. The molecule has 0 bridgehead atoms. The number of nitrogens with two attached hydrogens (primary N) is 1. The molecule has 1 saturated heterocycles. The Morgan fingerprint density at radius 3 is 2.67 bits per heavy atom. The number of benzene rings is 1. The van der Waals surface area contributed by atoms with Crippen molar-refractivity contribution in [1.29, 1.82) is 0 Å². The van der Waals surface area contributed by atoms with E-state index in [0.29, 0.717) is 6.04 Å². The van der Waals surface area contributed by atoms with Crippen LogP contribution in [0, 0.1) is 0 Å². The van der Waals surface area contributed by atoms with E-state index in [-0.39, 0.29) is 6.04 Å². The largest absolute Gasteiger partial charge is 0.326 e. The number of halogens is 1. The molecule has 1 heterocycles. The molecule has 2 atom stereocenters. The maximum atomic E-state index is 6.16. The van der Waals surface area contributed by atoms with Crippen molar-refractivity contribution in [1.82, 2.24) is 4.90 Å². The third kappa shape index (κ3) is 2.25. The van der Waals surface area contributed by atoms with Crippen molar-refractivity contribution in [2.75, 3.05) is 13.1 Å². The highest BCUT2D eigenvalue weighted by molar-refractivity contribution is 9.10. The maximum absolute atomic E-state index is 6.16. The molecule has 0 amide bonds. The minimum atomic E-state index is 0.283. The lowest BCUT2D eigenvalue weighted by molar-refractivity contribution is 0.261. The van der Waals surface area contributed by atoms with E-state index in [4.69, 9.17) is 5.73 Å². The van der Waals surface area contributed by atoms with Gasteiger partial charge in [0.05, 0.1) is 0 Å². The second-order valence-corrected chi connectivity index (χ2v) is 4.99. The van der Waals surface area contributed by atoms with Crippen LogP contribution in [0.2, 0.25) is 0 Å². The summed E-state index contributed by atoms with van der Waals surface area (Å²) in [6.07, 6.45) is 1.11. The Labute approximate surface area is 99.6 Å². The molecule has 2 unspecified atom stereocenters. The van der Waals surface area contributed by atoms with Crippen molar-refractivity contribution in [3.05, 3.63) is 34.3 Å². The average Bonchev–Trinajstić information content (AvgIpc) is 2.61. The first kappa shape index (κ1) is 11.1. The van der Waals surface area contributed by atoms with Crippen LogP contribution >= 0.6 is 15.9 Å². The molecule has 0 radical (unpaired) electrons. The van der Waals surface area contributed by atoms with Crippen LogP contribution in [0.1, 0.15) is 24.9 Å². The average molecular weight is 269 g/mol.